The van der Waals surface area contributed by atoms with Gasteiger partial charge in [-0.15, -0.1) is 0 Å². The van der Waals surface area contributed by atoms with Gasteiger partial charge in [0.1, 0.15) is 5.60 Å². The Morgan fingerprint density at radius 3 is 2.78 bits per heavy atom. The summed E-state index contributed by atoms with van der Waals surface area (Å²) in [5.41, 5.74) is -0.161. The number of hydrogen-bond acceptors (Lipinski definition) is 5. The molecule has 1 aromatic carbocycles. The molecular weight excluding hydrogens is 364 g/mol. The van der Waals surface area contributed by atoms with E-state index in [4.69, 9.17) is 4.74 Å². The van der Waals surface area contributed by atoms with E-state index in [1.165, 1.54) is 0 Å². The highest BCUT2D eigenvalue weighted by Crippen LogP contribution is 2.16. The smallest absolute Gasteiger partial charge is 0.407 e. The molecule has 0 aliphatic heterocycles. The molecule has 1 heterocycles. The zero-order chi connectivity index (χ0) is 17.0. The minimum Gasteiger partial charge on any atom is -0.444 e. The number of carbonyl (C=O) groups is 1. The van der Waals surface area contributed by atoms with E-state index in [1.807, 2.05) is 0 Å². The van der Waals surface area contributed by atoms with Crippen molar-refractivity contribution in [3.63, 3.8) is 0 Å². The van der Waals surface area contributed by atoms with Gasteiger partial charge < -0.3 is 15.4 Å². The third-order valence-electron chi connectivity index (χ3n) is 2.75. The SMILES string of the molecule is CC(C)(C)OC(=O)NCCNc1nc2cc(Br)ccc2c(=O)[nH]1. The molecule has 8 heteroatoms. The number of carbonyl (C=O) groups excluding carboxylic acids is 1. The molecule has 2 rings (SSSR count). The number of anilines is 1. The van der Waals surface area contributed by atoms with Crippen molar-refractivity contribution >= 4 is 38.9 Å². The number of nitrogens with one attached hydrogen (secondary N) is 3. The van der Waals surface area contributed by atoms with Crippen molar-refractivity contribution in [2.45, 2.75) is 26.4 Å². The summed E-state index contributed by atoms with van der Waals surface area (Å²) >= 11 is 3.35. The Morgan fingerprint density at radius 1 is 1.35 bits per heavy atom. The Hall–Kier alpha value is -2.09. The Labute approximate surface area is 142 Å². The first-order valence-electron chi connectivity index (χ1n) is 7.15. The van der Waals surface area contributed by atoms with Gasteiger partial charge in [0, 0.05) is 17.6 Å². The number of H-pyrrole nitrogens is 1. The quantitative estimate of drug-likeness (QED) is 0.706. The molecule has 0 unspecified atom stereocenters. The Balaban J connectivity index is 1.93. The number of aromatic amines is 1. The number of ether oxygens (including phenoxy) is 1. The zero-order valence-electron chi connectivity index (χ0n) is 13.2. The van der Waals surface area contributed by atoms with Crippen LogP contribution in [-0.4, -0.2) is 34.8 Å². The summed E-state index contributed by atoms with van der Waals surface area (Å²) in [6, 6.07) is 5.27. The Bertz CT molecular complexity index is 767. The highest BCUT2D eigenvalue weighted by atomic mass is 79.9. The van der Waals surface area contributed by atoms with Crippen molar-refractivity contribution in [3.8, 4) is 0 Å². The normalized spacial score (nSPS) is 11.3. The molecule has 0 spiro atoms. The average molecular weight is 383 g/mol. The topological polar surface area (TPSA) is 96.1 Å². The van der Waals surface area contributed by atoms with Crippen LogP contribution in [0.1, 0.15) is 20.8 Å². The summed E-state index contributed by atoms with van der Waals surface area (Å²) in [7, 11) is 0. The molecule has 0 aliphatic rings. The minimum atomic E-state index is -0.532. The molecular formula is C15H19BrN4O3. The highest BCUT2D eigenvalue weighted by molar-refractivity contribution is 9.10. The van der Waals surface area contributed by atoms with Crippen molar-refractivity contribution in [1.82, 2.24) is 15.3 Å². The van der Waals surface area contributed by atoms with Crippen LogP contribution in [0.5, 0.6) is 0 Å². The van der Waals surface area contributed by atoms with E-state index >= 15 is 0 Å². The number of halogens is 1. The van der Waals surface area contributed by atoms with E-state index in [9.17, 15) is 9.59 Å². The summed E-state index contributed by atoms with van der Waals surface area (Å²) < 4.78 is 5.97. The van der Waals surface area contributed by atoms with Crippen LogP contribution in [0, 0.1) is 0 Å². The van der Waals surface area contributed by atoms with E-state index in [2.05, 4.69) is 36.5 Å². The van der Waals surface area contributed by atoms with Crippen LogP contribution in [0.25, 0.3) is 10.9 Å². The largest absolute Gasteiger partial charge is 0.444 e. The van der Waals surface area contributed by atoms with Crippen molar-refractivity contribution in [3.05, 3.63) is 33.0 Å². The predicted octanol–water partition coefficient (Wildman–Crippen LogP) is 2.62. The summed E-state index contributed by atoms with van der Waals surface area (Å²) in [5.74, 6) is 0.353. The van der Waals surface area contributed by atoms with Gasteiger partial charge in [-0.3, -0.25) is 9.78 Å². The fourth-order valence-electron chi connectivity index (χ4n) is 1.86. The highest BCUT2D eigenvalue weighted by Gasteiger charge is 2.15. The second-order valence-corrected chi connectivity index (χ2v) is 6.85. The van der Waals surface area contributed by atoms with Crippen LogP contribution in [0.4, 0.5) is 10.7 Å². The molecule has 1 aromatic heterocycles. The fraction of sp³-hybridized carbons (Fsp3) is 0.400. The van der Waals surface area contributed by atoms with E-state index < -0.39 is 11.7 Å². The minimum absolute atomic E-state index is 0.217. The third kappa shape index (κ3) is 5.24. The van der Waals surface area contributed by atoms with Gasteiger partial charge in [0.15, 0.2) is 0 Å². The number of fused-ring (bicyclic) bond motifs is 1. The van der Waals surface area contributed by atoms with Crippen molar-refractivity contribution < 1.29 is 9.53 Å². The van der Waals surface area contributed by atoms with Crippen molar-refractivity contribution in [2.24, 2.45) is 0 Å². The maximum absolute atomic E-state index is 12.0. The van der Waals surface area contributed by atoms with Gasteiger partial charge in [0.25, 0.3) is 5.56 Å². The van der Waals surface area contributed by atoms with E-state index in [0.717, 1.165) is 4.47 Å². The van der Waals surface area contributed by atoms with Crippen molar-refractivity contribution in [2.75, 3.05) is 18.4 Å². The molecule has 0 aliphatic carbocycles. The summed E-state index contributed by atoms with van der Waals surface area (Å²) in [6.45, 7) is 6.14. The number of benzene rings is 1. The monoisotopic (exact) mass is 382 g/mol. The summed E-state index contributed by atoms with van der Waals surface area (Å²) in [6.07, 6.45) is -0.483. The lowest BCUT2D eigenvalue weighted by Gasteiger charge is -2.19. The lowest BCUT2D eigenvalue weighted by atomic mass is 10.2. The van der Waals surface area contributed by atoms with Gasteiger partial charge in [-0.25, -0.2) is 9.78 Å². The molecule has 124 valence electrons. The number of aromatic nitrogens is 2. The molecule has 0 atom stereocenters. The number of amides is 1. The number of alkyl carbamates (subject to hydrolysis) is 1. The first-order chi connectivity index (χ1) is 10.7. The molecule has 2 aromatic rings. The number of hydrogen-bond donors (Lipinski definition) is 3. The molecule has 0 saturated carbocycles. The van der Waals surface area contributed by atoms with Gasteiger partial charge in [0.2, 0.25) is 5.95 Å². The van der Waals surface area contributed by atoms with Crippen LogP contribution >= 0.6 is 15.9 Å². The summed E-state index contributed by atoms with van der Waals surface area (Å²) in [4.78, 5) is 30.5. The van der Waals surface area contributed by atoms with Crippen LogP contribution in [-0.2, 0) is 4.74 Å². The lowest BCUT2D eigenvalue weighted by Crippen LogP contribution is -2.35. The molecule has 7 nitrogen and oxygen atoms in total. The molecule has 1 amide bonds. The zero-order valence-corrected chi connectivity index (χ0v) is 14.8. The number of rotatable bonds is 4. The molecule has 0 saturated heterocycles. The van der Waals surface area contributed by atoms with E-state index in [0.29, 0.717) is 29.9 Å². The first kappa shape index (κ1) is 17.3. The second kappa shape index (κ2) is 6.99. The summed E-state index contributed by atoms with van der Waals surface area (Å²) in [5, 5.41) is 6.10. The van der Waals surface area contributed by atoms with Crippen LogP contribution in [0.2, 0.25) is 0 Å². The molecule has 0 fully saturated rings. The lowest BCUT2D eigenvalue weighted by molar-refractivity contribution is 0.0530. The van der Waals surface area contributed by atoms with Gasteiger partial charge >= 0.3 is 6.09 Å². The molecule has 3 N–H and O–H groups in total. The molecule has 23 heavy (non-hydrogen) atoms. The molecule has 0 bridgehead atoms. The maximum atomic E-state index is 12.0. The van der Waals surface area contributed by atoms with Gasteiger partial charge in [-0.1, -0.05) is 15.9 Å². The van der Waals surface area contributed by atoms with Gasteiger partial charge in [-0.2, -0.15) is 0 Å². The molecule has 0 radical (unpaired) electrons. The van der Waals surface area contributed by atoms with Gasteiger partial charge in [0.05, 0.1) is 10.9 Å². The Morgan fingerprint density at radius 2 is 2.09 bits per heavy atom. The van der Waals surface area contributed by atoms with E-state index in [-0.39, 0.29) is 5.56 Å². The first-order valence-corrected chi connectivity index (χ1v) is 7.94. The van der Waals surface area contributed by atoms with Crippen LogP contribution in [0.15, 0.2) is 27.5 Å². The van der Waals surface area contributed by atoms with Crippen LogP contribution < -0.4 is 16.2 Å². The van der Waals surface area contributed by atoms with Gasteiger partial charge in [-0.05, 0) is 39.0 Å². The second-order valence-electron chi connectivity index (χ2n) is 5.93. The fourth-order valence-corrected chi connectivity index (χ4v) is 2.20. The number of nitrogens with zero attached hydrogens (tertiary/aromatic N) is 1. The van der Waals surface area contributed by atoms with Crippen LogP contribution in [0.3, 0.4) is 0 Å². The Kier molecular flexibility index (Phi) is 5.25. The van der Waals surface area contributed by atoms with Crippen molar-refractivity contribution in [1.29, 1.82) is 0 Å². The third-order valence-corrected chi connectivity index (χ3v) is 3.25. The van der Waals surface area contributed by atoms with E-state index in [1.54, 1.807) is 39.0 Å². The predicted molar refractivity (Wildman–Crippen MR) is 92.8 cm³/mol. The average Bonchev–Trinajstić information content (AvgIpc) is 2.41. The maximum Gasteiger partial charge on any atom is 0.407 e. The standard InChI is InChI=1S/C15H19BrN4O3/c1-15(2,3)23-14(22)18-7-6-17-13-19-11-8-9(16)4-5-10(11)12(21)20-13/h4-5,8H,6-7H2,1-3H3,(H,18,22)(H2,17,19,20,21).